The summed E-state index contributed by atoms with van der Waals surface area (Å²) in [5, 5.41) is 0.697. The highest BCUT2D eigenvalue weighted by molar-refractivity contribution is 6.30. The van der Waals surface area contributed by atoms with E-state index >= 15 is 0 Å². The van der Waals surface area contributed by atoms with Crippen LogP contribution in [0.25, 0.3) is 0 Å². The van der Waals surface area contributed by atoms with Gasteiger partial charge < -0.3 is 4.74 Å². The molecule has 20 heavy (non-hydrogen) atoms. The molecule has 0 unspecified atom stereocenters. The van der Waals surface area contributed by atoms with Crippen LogP contribution >= 0.6 is 11.6 Å². The molecule has 0 amide bonds. The number of hydrogen-bond acceptors (Lipinski definition) is 2. The summed E-state index contributed by atoms with van der Waals surface area (Å²) in [6, 6.07) is 13.6. The molecular formula is C17H18ClNO. The topological polar surface area (TPSA) is 21.6 Å². The fraction of sp³-hybridized carbons (Fsp3) is 0.235. The van der Waals surface area contributed by atoms with Crippen molar-refractivity contribution < 1.29 is 4.74 Å². The van der Waals surface area contributed by atoms with Gasteiger partial charge in [0.25, 0.3) is 0 Å². The standard InChI is InChI=1S/C17H18ClNO/c1-3-9-20-16-6-4-5-14(10-16)12-19-17-11-15(18)8-7-13(17)2/h4-8,10-12H,3,9H2,1-2H3. The van der Waals surface area contributed by atoms with Gasteiger partial charge >= 0.3 is 0 Å². The van der Waals surface area contributed by atoms with Crippen molar-refractivity contribution in [2.45, 2.75) is 20.3 Å². The zero-order valence-electron chi connectivity index (χ0n) is 11.8. The van der Waals surface area contributed by atoms with E-state index in [0.717, 1.165) is 35.6 Å². The van der Waals surface area contributed by atoms with E-state index in [1.807, 2.05) is 55.6 Å². The Morgan fingerprint density at radius 3 is 2.85 bits per heavy atom. The van der Waals surface area contributed by atoms with E-state index in [4.69, 9.17) is 16.3 Å². The molecule has 0 aliphatic heterocycles. The first-order valence-corrected chi connectivity index (χ1v) is 7.10. The molecule has 0 N–H and O–H groups in total. The predicted octanol–water partition coefficient (Wildman–Crippen LogP) is 5.19. The van der Waals surface area contributed by atoms with Gasteiger partial charge in [0.1, 0.15) is 5.75 Å². The van der Waals surface area contributed by atoms with Crippen LogP contribution in [-0.4, -0.2) is 12.8 Å². The third-order valence-corrected chi connectivity index (χ3v) is 3.09. The third kappa shape index (κ3) is 4.10. The maximum atomic E-state index is 5.99. The molecule has 0 aliphatic rings. The first-order valence-electron chi connectivity index (χ1n) is 6.72. The van der Waals surface area contributed by atoms with Crippen LogP contribution in [0.3, 0.4) is 0 Å². The third-order valence-electron chi connectivity index (χ3n) is 2.85. The summed E-state index contributed by atoms with van der Waals surface area (Å²) in [7, 11) is 0. The van der Waals surface area contributed by atoms with E-state index in [1.54, 1.807) is 0 Å². The van der Waals surface area contributed by atoms with Crippen LogP contribution in [0.5, 0.6) is 5.75 Å². The number of nitrogens with zero attached hydrogens (tertiary/aromatic N) is 1. The fourth-order valence-electron chi connectivity index (χ4n) is 1.77. The Kier molecular flexibility index (Phi) is 5.19. The van der Waals surface area contributed by atoms with Gasteiger partial charge in [-0.15, -0.1) is 0 Å². The summed E-state index contributed by atoms with van der Waals surface area (Å²) in [4.78, 5) is 4.49. The molecule has 0 aliphatic carbocycles. The molecule has 0 fully saturated rings. The minimum atomic E-state index is 0.697. The number of hydrogen-bond donors (Lipinski definition) is 0. The van der Waals surface area contributed by atoms with Crippen molar-refractivity contribution in [3.8, 4) is 5.75 Å². The van der Waals surface area contributed by atoms with Crippen LogP contribution in [0.1, 0.15) is 24.5 Å². The van der Waals surface area contributed by atoms with Crippen LogP contribution in [-0.2, 0) is 0 Å². The van der Waals surface area contributed by atoms with Gasteiger partial charge in [-0.1, -0.05) is 36.7 Å². The van der Waals surface area contributed by atoms with Gasteiger partial charge in [0, 0.05) is 11.2 Å². The average molecular weight is 288 g/mol. The Morgan fingerprint density at radius 2 is 2.05 bits per heavy atom. The molecule has 2 rings (SSSR count). The number of benzene rings is 2. The number of rotatable bonds is 5. The van der Waals surface area contributed by atoms with Gasteiger partial charge in [0.05, 0.1) is 12.3 Å². The normalized spacial score (nSPS) is 10.9. The summed E-state index contributed by atoms with van der Waals surface area (Å²) in [6.07, 6.45) is 2.83. The lowest BCUT2D eigenvalue weighted by Crippen LogP contribution is -1.95. The second kappa shape index (κ2) is 7.11. The van der Waals surface area contributed by atoms with E-state index in [-0.39, 0.29) is 0 Å². The number of halogens is 1. The van der Waals surface area contributed by atoms with Gasteiger partial charge in [-0.3, -0.25) is 4.99 Å². The fourth-order valence-corrected chi connectivity index (χ4v) is 1.94. The molecule has 0 spiro atoms. The van der Waals surface area contributed by atoms with Gasteiger partial charge in [0.2, 0.25) is 0 Å². The van der Waals surface area contributed by atoms with Crippen molar-refractivity contribution in [3.05, 3.63) is 58.6 Å². The molecule has 104 valence electrons. The molecule has 0 saturated carbocycles. The number of ether oxygens (including phenoxy) is 1. The SMILES string of the molecule is CCCOc1cccc(C=Nc2cc(Cl)ccc2C)c1. The molecular weight excluding hydrogens is 270 g/mol. The molecule has 0 heterocycles. The lowest BCUT2D eigenvalue weighted by molar-refractivity contribution is 0.317. The van der Waals surface area contributed by atoms with Gasteiger partial charge in [-0.25, -0.2) is 0 Å². The van der Waals surface area contributed by atoms with Crippen LogP contribution in [0, 0.1) is 6.92 Å². The zero-order chi connectivity index (χ0) is 14.4. The second-order valence-corrected chi connectivity index (χ2v) is 5.05. The molecule has 2 aromatic rings. The van der Waals surface area contributed by atoms with Crippen molar-refractivity contribution in [1.82, 2.24) is 0 Å². The van der Waals surface area contributed by atoms with E-state index in [0.29, 0.717) is 5.02 Å². The molecule has 2 nitrogen and oxygen atoms in total. The van der Waals surface area contributed by atoms with Crippen molar-refractivity contribution in [2.24, 2.45) is 4.99 Å². The highest BCUT2D eigenvalue weighted by atomic mass is 35.5. The molecule has 2 aromatic carbocycles. The monoisotopic (exact) mass is 287 g/mol. The van der Waals surface area contributed by atoms with E-state index in [1.165, 1.54) is 0 Å². The zero-order valence-corrected chi connectivity index (χ0v) is 12.5. The quantitative estimate of drug-likeness (QED) is 0.694. The summed E-state index contributed by atoms with van der Waals surface area (Å²) in [5.74, 6) is 0.874. The van der Waals surface area contributed by atoms with Crippen LogP contribution in [0.4, 0.5) is 5.69 Å². The smallest absolute Gasteiger partial charge is 0.119 e. The van der Waals surface area contributed by atoms with E-state index in [9.17, 15) is 0 Å². The van der Waals surface area contributed by atoms with Crippen LogP contribution < -0.4 is 4.74 Å². The molecule has 0 bridgehead atoms. The van der Waals surface area contributed by atoms with Crippen molar-refractivity contribution in [3.63, 3.8) is 0 Å². The average Bonchev–Trinajstić information content (AvgIpc) is 2.46. The molecule has 0 radical (unpaired) electrons. The Morgan fingerprint density at radius 1 is 1.20 bits per heavy atom. The van der Waals surface area contributed by atoms with Gasteiger partial charge in [0.15, 0.2) is 0 Å². The Labute approximate surface area is 125 Å². The van der Waals surface area contributed by atoms with Crippen molar-refractivity contribution in [1.29, 1.82) is 0 Å². The lowest BCUT2D eigenvalue weighted by atomic mass is 10.2. The molecule has 3 heteroatoms. The second-order valence-electron chi connectivity index (χ2n) is 4.61. The van der Waals surface area contributed by atoms with Crippen LogP contribution in [0.2, 0.25) is 5.02 Å². The largest absolute Gasteiger partial charge is 0.494 e. The minimum absolute atomic E-state index is 0.697. The maximum absolute atomic E-state index is 5.99. The molecule has 0 atom stereocenters. The lowest BCUT2D eigenvalue weighted by Gasteiger charge is -2.05. The van der Waals surface area contributed by atoms with E-state index in [2.05, 4.69) is 11.9 Å². The number of aryl methyl sites for hydroxylation is 1. The molecule has 0 saturated heterocycles. The Bertz CT molecular complexity index is 608. The Hall–Kier alpha value is -1.80. The number of aliphatic imine (C=N–C) groups is 1. The maximum Gasteiger partial charge on any atom is 0.119 e. The summed E-state index contributed by atoms with van der Waals surface area (Å²) < 4.78 is 5.61. The van der Waals surface area contributed by atoms with Gasteiger partial charge in [-0.05, 0) is 48.7 Å². The first-order chi connectivity index (χ1) is 9.69. The first kappa shape index (κ1) is 14.6. The Balaban J connectivity index is 2.16. The van der Waals surface area contributed by atoms with Crippen LogP contribution in [0.15, 0.2) is 47.5 Å². The van der Waals surface area contributed by atoms with Gasteiger partial charge in [-0.2, -0.15) is 0 Å². The van der Waals surface area contributed by atoms with Crippen molar-refractivity contribution >= 4 is 23.5 Å². The minimum Gasteiger partial charge on any atom is -0.494 e. The molecule has 0 aromatic heterocycles. The summed E-state index contributed by atoms with van der Waals surface area (Å²) >= 11 is 5.99. The summed E-state index contributed by atoms with van der Waals surface area (Å²) in [5.41, 5.74) is 3.00. The van der Waals surface area contributed by atoms with Crippen molar-refractivity contribution in [2.75, 3.05) is 6.61 Å². The highest BCUT2D eigenvalue weighted by Gasteiger charge is 1.98. The summed E-state index contributed by atoms with van der Waals surface area (Å²) in [6.45, 7) is 4.84. The highest BCUT2D eigenvalue weighted by Crippen LogP contribution is 2.23. The predicted molar refractivity (Wildman–Crippen MR) is 85.7 cm³/mol. The van der Waals surface area contributed by atoms with E-state index < -0.39 is 0 Å².